The van der Waals surface area contributed by atoms with Gasteiger partial charge in [0.15, 0.2) is 8.07 Å². The van der Waals surface area contributed by atoms with Crippen molar-refractivity contribution in [3.8, 4) is 28.4 Å². The molecule has 0 unspecified atom stereocenters. The van der Waals surface area contributed by atoms with E-state index in [0.29, 0.717) is 0 Å². The van der Waals surface area contributed by atoms with Crippen molar-refractivity contribution in [3.05, 3.63) is 466 Å². The van der Waals surface area contributed by atoms with E-state index in [1.165, 1.54) is 153 Å². The Hall–Kier alpha value is -12.9. The molecule has 0 atom stereocenters. The van der Waals surface area contributed by atoms with Gasteiger partial charge in [0.25, 0.3) is 0 Å². The quantitative estimate of drug-likeness (QED) is 0.0534. The Labute approximate surface area is 722 Å². The van der Waals surface area contributed by atoms with Crippen LogP contribution in [0.3, 0.4) is 0 Å². The second-order valence-corrected chi connectivity index (χ2v) is 40.7. The summed E-state index contributed by atoms with van der Waals surface area (Å²) in [4.78, 5) is 0. The molecular weight excluding hydrogens is 1580 g/mol. The summed E-state index contributed by atoms with van der Waals surface area (Å²) in [5, 5.41) is 20.2. The Morgan fingerprint density at radius 2 is 0.445 bits per heavy atom. The first-order chi connectivity index (χ1) is 58.3. The van der Waals surface area contributed by atoms with Gasteiger partial charge in [-0.15, -0.1) is 28.2 Å². The average molecular weight is 1660 g/mol. The van der Waals surface area contributed by atoms with Gasteiger partial charge in [-0.1, -0.05) is 337 Å². The minimum atomic E-state index is -2.88. The van der Waals surface area contributed by atoms with E-state index < -0.39 is 14.8 Å². The van der Waals surface area contributed by atoms with Crippen LogP contribution >= 0.6 is 38.1 Å². The van der Waals surface area contributed by atoms with Crippen LogP contribution in [0.2, 0.25) is 0 Å². The first-order valence-electron chi connectivity index (χ1n) is 39.8. The zero-order valence-electron chi connectivity index (χ0n) is 65.2. The molecule has 0 saturated carbocycles. The molecule has 119 heavy (non-hydrogen) atoms. The first-order valence-corrected chi connectivity index (χ1v) is 46.6. The van der Waals surface area contributed by atoms with E-state index in [-0.39, 0.29) is 18.9 Å². The summed E-state index contributed by atoms with van der Waals surface area (Å²) in [6.07, 6.45) is 0. The van der Waals surface area contributed by atoms with Gasteiger partial charge in [-0.25, -0.2) is 0 Å². The van der Waals surface area contributed by atoms with Crippen molar-refractivity contribution < 1.29 is 18.9 Å². The largest absolute Gasteiger partial charge is 1.00 e. The number of benzene rings is 18. The second-order valence-electron chi connectivity index (χ2n) is 29.7. The summed E-state index contributed by atoms with van der Waals surface area (Å²) < 4.78 is 13.0. The number of halogens is 3. The van der Waals surface area contributed by atoms with Gasteiger partial charge >= 0.3 is 25.6 Å². The van der Waals surface area contributed by atoms with Crippen molar-refractivity contribution in [3.63, 3.8) is 0 Å². The maximum absolute atomic E-state index is 6.49. The summed E-state index contributed by atoms with van der Waals surface area (Å²) >= 11 is 16.5. The Kier molecular flexibility index (Phi) is 21.0. The standard InChI is InChI=1S/C48H34N2Si.C30H19N2.C18H12BrN.C12H10Cl2Si.Li/c1-3-19-37(20-4-1)51(38-21-5-2-6-22-38,39-23-15-17-35(33-39)49-45-29-11-7-25-41(45)42-26-8-12-30-46(42)49)40-24-16-18-36(34-40)50-47-31-13-9-27-43(47)44-28-10-14-32-48(44)50;1-2-10-21(11-3-1)31-29-17-9-6-14-25(29)26-20-22(18-19-30(26)31)32-27-15-7-4-12-23(27)24-13-5-8-16-28(24)32;19-13-6-5-7-14(12-13)20-17-10-3-1-8-15(17)16-9-2-4-11-18(16)20;13-15(14,11-7-3-1-4-8-11)12-9-5-2-6-10-12;/h1-34H;1-2,4-20H;1-12H;1-10H;/q;-1;;;+1. The smallest absolute Gasteiger partial charge is 0.364 e. The maximum atomic E-state index is 6.49. The van der Waals surface area contributed by atoms with Crippen molar-refractivity contribution in [2.24, 2.45) is 0 Å². The molecule has 5 nitrogen and oxygen atoms in total. The Bertz CT molecular complexity index is 7180. The molecule has 23 rings (SSSR count). The van der Waals surface area contributed by atoms with Crippen molar-refractivity contribution in [1.29, 1.82) is 0 Å². The average Bonchev–Trinajstić information content (AvgIpc) is 1.05. The molecule has 0 radical (unpaired) electrons. The third kappa shape index (κ3) is 13.7. The predicted octanol–water partition coefficient (Wildman–Crippen LogP) is 22.2. The fourth-order valence-corrected chi connectivity index (χ4v) is 26.2. The van der Waals surface area contributed by atoms with Gasteiger partial charge in [0.05, 0.1) is 44.1 Å². The molecule has 0 saturated heterocycles. The SMILES string of the molecule is Brc1cccc(-n2c3ccccc3c3ccccc32)c1.Cl[Si](Cl)(c1ccccc1)c1ccccc1.[Li+].[c-]1cccc(-n2c3ccccc3c3cc(-n4c5ccccc5c5ccccc54)ccc32)c1.c1ccc([Si](c2ccccc2)(c2cccc(-n3c4ccccc4c4ccccc43)c2)c2cccc(-n3c4ccccc4c4ccccc43)c2)cc1. The van der Waals surface area contributed by atoms with Gasteiger partial charge in [-0.05, 0) is 146 Å². The number of hydrogen-bond donors (Lipinski definition) is 0. The minimum absolute atomic E-state index is 0. The molecule has 5 heterocycles. The van der Waals surface area contributed by atoms with Crippen molar-refractivity contribution >= 4 is 193 Å². The van der Waals surface area contributed by atoms with Crippen LogP contribution in [0.5, 0.6) is 0 Å². The first kappa shape index (κ1) is 76.1. The predicted molar refractivity (Wildman–Crippen MR) is 511 cm³/mol. The number of aromatic nitrogens is 5. The molecule has 18 aromatic carbocycles. The van der Waals surface area contributed by atoms with Gasteiger partial charge < -0.3 is 22.8 Å². The Morgan fingerprint density at radius 1 is 0.202 bits per heavy atom. The molecule has 5 aromatic heterocycles. The Morgan fingerprint density at radius 3 is 0.756 bits per heavy atom. The number of nitrogens with zero attached hydrogens (tertiary/aromatic N) is 5. The molecule has 562 valence electrons. The van der Waals surface area contributed by atoms with Gasteiger partial charge in [0, 0.05) is 92.1 Å². The molecule has 0 aliphatic rings. The van der Waals surface area contributed by atoms with Crippen LogP contribution in [0.25, 0.3) is 137 Å². The molecule has 0 bridgehead atoms. The number of rotatable bonds is 11. The molecule has 0 aliphatic heterocycles. The molecule has 0 aliphatic carbocycles. The van der Waals surface area contributed by atoms with Crippen molar-refractivity contribution in [1.82, 2.24) is 22.8 Å². The van der Waals surface area contributed by atoms with Crippen LogP contribution in [0, 0.1) is 6.07 Å². The second kappa shape index (κ2) is 32.9. The Balaban J connectivity index is 0.000000117. The van der Waals surface area contributed by atoms with Gasteiger partial charge in [-0.2, -0.15) is 24.3 Å². The van der Waals surface area contributed by atoms with Crippen LogP contribution in [-0.4, -0.2) is 37.6 Å². The van der Waals surface area contributed by atoms with Gasteiger partial charge in [0.1, 0.15) is 0 Å². The molecule has 0 N–H and O–H groups in total. The number of hydrogen-bond acceptors (Lipinski definition) is 0. The van der Waals surface area contributed by atoms with Crippen LogP contribution in [-0.2, 0) is 0 Å². The van der Waals surface area contributed by atoms with Crippen molar-refractivity contribution in [2.75, 3.05) is 0 Å². The molecule has 0 fully saturated rings. The normalized spacial score (nSPS) is 11.6. The van der Waals surface area contributed by atoms with E-state index in [9.17, 15) is 0 Å². The van der Waals surface area contributed by atoms with Crippen molar-refractivity contribution in [2.45, 2.75) is 0 Å². The van der Waals surface area contributed by atoms with Crippen LogP contribution in [0.15, 0.2) is 459 Å². The zero-order valence-corrected chi connectivity index (χ0v) is 70.3. The van der Waals surface area contributed by atoms with E-state index in [4.69, 9.17) is 22.2 Å². The van der Waals surface area contributed by atoms with E-state index in [1.807, 2.05) is 78.9 Å². The van der Waals surface area contributed by atoms with E-state index in [1.54, 1.807) is 0 Å². The van der Waals surface area contributed by atoms with Gasteiger partial charge in [-0.3, -0.25) is 0 Å². The third-order valence-corrected chi connectivity index (χ3v) is 33.0. The summed E-state index contributed by atoms with van der Waals surface area (Å²) in [6, 6.07) is 166. The molecular formula is C108H75BrCl2LiN5Si2. The fraction of sp³-hybridized carbons (Fsp3) is 0. The topological polar surface area (TPSA) is 24.6 Å². The fourth-order valence-electron chi connectivity index (χ4n) is 17.9. The number of para-hydroxylation sites is 9. The van der Waals surface area contributed by atoms with E-state index in [0.717, 1.165) is 20.5 Å². The minimum Gasteiger partial charge on any atom is -0.364 e. The zero-order chi connectivity index (χ0) is 79.1. The summed E-state index contributed by atoms with van der Waals surface area (Å²) in [5.74, 6) is 0. The summed E-state index contributed by atoms with van der Waals surface area (Å²) in [6.45, 7) is -2.51. The van der Waals surface area contributed by atoms with Crippen LogP contribution < -0.4 is 50.0 Å². The summed E-state index contributed by atoms with van der Waals surface area (Å²) in [5.41, 5.74) is 18.1. The maximum Gasteiger partial charge on any atom is 1.00 e. The van der Waals surface area contributed by atoms with E-state index >= 15 is 0 Å². The molecule has 23 aromatic rings. The van der Waals surface area contributed by atoms with E-state index in [2.05, 4.69) is 421 Å². The van der Waals surface area contributed by atoms with Gasteiger partial charge in [0.2, 0.25) is 0 Å². The molecule has 0 amide bonds. The molecule has 0 spiro atoms. The number of fused-ring (bicyclic) bond motifs is 15. The molecule has 11 heteroatoms. The van der Waals surface area contributed by atoms with Crippen LogP contribution in [0.4, 0.5) is 0 Å². The summed E-state index contributed by atoms with van der Waals surface area (Å²) in [7, 11) is -2.88. The van der Waals surface area contributed by atoms with Crippen LogP contribution in [0.1, 0.15) is 0 Å². The third-order valence-electron chi connectivity index (χ3n) is 23.0. The monoisotopic (exact) mass is 1650 g/mol.